The summed E-state index contributed by atoms with van der Waals surface area (Å²) in [5.74, 6) is 0.151. The van der Waals surface area contributed by atoms with Gasteiger partial charge >= 0.3 is 0 Å². The van der Waals surface area contributed by atoms with Gasteiger partial charge in [0.2, 0.25) is 0 Å². The monoisotopic (exact) mass is 319 g/mol. The second kappa shape index (κ2) is 5.37. The van der Waals surface area contributed by atoms with Crippen molar-refractivity contribution in [1.29, 1.82) is 5.26 Å². The molecule has 0 bridgehead atoms. The number of nitrogens with zero attached hydrogens (tertiary/aromatic N) is 2. The molecule has 0 unspecified atom stereocenters. The largest absolute Gasteiger partial charge is 0.339 e. The number of halogens is 2. The summed E-state index contributed by atoms with van der Waals surface area (Å²) >= 11 is 3.12. The van der Waals surface area contributed by atoms with Crippen molar-refractivity contribution in [3.63, 3.8) is 0 Å². The molecule has 0 fully saturated rings. The molecule has 0 amide bonds. The van der Waals surface area contributed by atoms with Crippen molar-refractivity contribution in [3.8, 4) is 6.07 Å². The predicted octanol–water partition coefficient (Wildman–Crippen LogP) is 4.22. The van der Waals surface area contributed by atoms with E-state index in [4.69, 9.17) is 5.26 Å². The van der Waals surface area contributed by atoms with Crippen LogP contribution in [0.5, 0.6) is 0 Å². The molecule has 2 aromatic rings. The second-order valence-electron chi connectivity index (χ2n) is 4.17. The number of hydrogen-bond acceptors (Lipinski definition) is 3. The zero-order chi connectivity index (χ0) is 14.0. The fourth-order valence-corrected chi connectivity index (χ4v) is 2.16. The van der Waals surface area contributed by atoms with Gasteiger partial charge in [0.1, 0.15) is 17.7 Å². The van der Waals surface area contributed by atoms with E-state index in [2.05, 4.69) is 32.3 Å². The van der Waals surface area contributed by atoms with Crippen molar-refractivity contribution >= 4 is 27.4 Å². The highest BCUT2D eigenvalue weighted by Crippen LogP contribution is 2.25. The van der Waals surface area contributed by atoms with Crippen molar-refractivity contribution in [2.24, 2.45) is 0 Å². The molecule has 0 atom stereocenters. The van der Waals surface area contributed by atoms with Crippen LogP contribution in [0.25, 0.3) is 0 Å². The summed E-state index contributed by atoms with van der Waals surface area (Å²) in [6.45, 7) is 3.72. The van der Waals surface area contributed by atoms with E-state index in [1.54, 1.807) is 12.1 Å². The van der Waals surface area contributed by atoms with E-state index >= 15 is 0 Å². The Morgan fingerprint density at radius 1 is 1.32 bits per heavy atom. The lowest BCUT2D eigenvalue weighted by atomic mass is 10.1. The lowest BCUT2D eigenvalue weighted by Crippen LogP contribution is -2.01. The Bertz CT molecular complexity index is 677. The van der Waals surface area contributed by atoms with Crippen LogP contribution >= 0.6 is 15.9 Å². The first-order valence-corrected chi connectivity index (χ1v) is 6.41. The molecule has 1 heterocycles. The lowest BCUT2D eigenvalue weighted by Gasteiger charge is -2.10. The summed E-state index contributed by atoms with van der Waals surface area (Å²) in [5.41, 5.74) is 2.84. The molecule has 5 heteroatoms. The van der Waals surface area contributed by atoms with E-state index < -0.39 is 0 Å². The molecule has 0 saturated heterocycles. The smallest absolute Gasteiger partial charge is 0.148 e. The maximum absolute atomic E-state index is 13.2. The number of rotatable bonds is 2. The van der Waals surface area contributed by atoms with Crippen LogP contribution in [0, 0.1) is 31.0 Å². The van der Waals surface area contributed by atoms with Crippen molar-refractivity contribution in [1.82, 2.24) is 4.98 Å². The number of pyridine rings is 1. The minimum absolute atomic E-state index is 0.334. The third-order valence-corrected chi connectivity index (χ3v) is 3.25. The number of aromatic nitrogens is 1. The molecule has 2 rings (SSSR count). The Morgan fingerprint density at radius 2 is 2.05 bits per heavy atom. The van der Waals surface area contributed by atoms with Gasteiger partial charge in [-0.15, -0.1) is 0 Å². The van der Waals surface area contributed by atoms with Crippen LogP contribution in [0.2, 0.25) is 0 Å². The molecule has 0 aliphatic carbocycles. The molecule has 0 spiro atoms. The quantitative estimate of drug-likeness (QED) is 0.901. The normalized spacial score (nSPS) is 10.1. The van der Waals surface area contributed by atoms with E-state index in [1.165, 1.54) is 6.07 Å². The van der Waals surface area contributed by atoms with Gasteiger partial charge in [-0.05, 0) is 59.6 Å². The Kier molecular flexibility index (Phi) is 3.82. The van der Waals surface area contributed by atoms with Crippen LogP contribution in [0.3, 0.4) is 0 Å². The van der Waals surface area contributed by atoms with E-state index in [1.807, 2.05) is 19.9 Å². The molecule has 1 aromatic carbocycles. The molecular formula is C14H11BrFN3. The molecule has 0 aliphatic rings. The average Bonchev–Trinajstić information content (AvgIpc) is 2.33. The summed E-state index contributed by atoms with van der Waals surface area (Å²) < 4.78 is 13.5. The van der Waals surface area contributed by atoms with Crippen molar-refractivity contribution in [2.45, 2.75) is 13.8 Å². The maximum atomic E-state index is 13.2. The summed E-state index contributed by atoms with van der Waals surface area (Å²) in [5, 5.41) is 12.2. The third kappa shape index (κ3) is 2.91. The first-order valence-electron chi connectivity index (χ1n) is 5.61. The number of nitriles is 1. The van der Waals surface area contributed by atoms with Crippen molar-refractivity contribution in [3.05, 3.63) is 51.4 Å². The van der Waals surface area contributed by atoms with E-state index in [0.29, 0.717) is 21.5 Å². The van der Waals surface area contributed by atoms with Crippen molar-refractivity contribution < 1.29 is 4.39 Å². The van der Waals surface area contributed by atoms with Gasteiger partial charge in [-0.1, -0.05) is 0 Å². The SMILES string of the molecule is Cc1cc(C)c(C#N)c(Nc2ccc(F)c(Br)c2)n1. The fourth-order valence-electron chi connectivity index (χ4n) is 1.78. The summed E-state index contributed by atoms with van der Waals surface area (Å²) in [7, 11) is 0. The summed E-state index contributed by atoms with van der Waals surface area (Å²) in [6, 6.07) is 8.53. The van der Waals surface area contributed by atoms with E-state index in [0.717, 1.165) is 11.3 Å². The van der Waals surface area contributed by atoms with Crippen molar-refractivity contribution in [2.75, 3.05) is 5.32 Å². The second-order valence-corrected chi connectivity index (χ2v) is 5.02. The van der Waals surface area contributed by atoms with Gasteiger partial charge in [0.25, 0.3) is 0 Å². The molecule has 1 N–H and O–H groups in total. The molecule has 19 heavy (non-hydrogen) atoms. The van der Waals surface area contributed by atoms with Crippen LogP contribution < -0.4 is 5.32 Å². The standard InChI is InChI=1S/C14H11BrFN3/c1-8-5-9(2)18-14(11(8)7-17)19-10-3-4-13(16)12(15)6-10/h3-6H,1-2H3,(H,18,19). The molecule has 3 nitrogen and oxygen atoms in total. The number of benzene rings is 1. The van der Waals surface area contributed by atoms with E-state index in [9.17, 15) is 4.39 Å². The summed E-state index contributed by atoms with van der Waals surface area (Å²) in [4.78, 5) is 4.31. The van der Waals surface area contributed by atoms with Crippen LogP contribution in [0.4, 0.5) is 15.9 Å². The van der Waals surface area contributed by atoms with Gasteiger partial charge in [0.15, 0.2) is 0 Å². The van der Waals surface area contributed by atoms with Crippen LogP contribution in [0.1, 0.15) is 16.8 Å². The Hall–Kier alpha value is -1.93. The Balaban J connectivity index is 2.43. The molecule has 0 aliphatic heterocycles. The number of nitrogens with one attached hydrogen (secondary N) is 1. The third-order valence-electron chi connectivity index (χ3n) is 2.64. The minimum Gasteiger partial charge on any atom is -0.339 e. The van der Waals surface area contributed by atoms with Crippen LogP contribution in [-0.4, -0.2) is 4.98 Å². The highest BCUT2D eigenvalue weighted by Gasteiger charge is 2.09. The van der Waals surface area contributed by atoms with E-state index in [-0.39, 0.29) is 5.82 Å². The minimum atomic E-state index is -0.334. The highest BCUT2D eigenvalue weighted by molar-refractivity contribution is 9.10. The zero-order valence-corrected chi connectivity index (χ0v) is 12.0. The first kappa shape index (κ1) is 13.5. The van der Waals surface area contributed by atoms with Gasteiger partial charge in [-0.2, -0.15) is 5.26 Å². The summed E-state index contributed by atoms with van der Waals surface area (Å²) in [6.07, 6.45) is 0. The Morgan fingerprint density at radius 3 is 2.68 bits per heavy atom. The fraction of sp³-hybridized carbons (Fsp3) is 0.143. The van der Waals surface area contributed by atoms with Crippen LogP contribution in [-0.2, 0) is 0 Å². The maximum Gasteiger partial charge on any atom is 0.148 e. The van der Waals surface area contributed by atoms with Gasteiger partial charge in [0, 0.05) is 11.4 Å². The molecular weight excluding hydrogens is 309 g/mol. The van der Waals surface area contributed by atoms with Crippen LogP contribution in [0.15, 0.2) is 28.7 Å². The van der Waals surface area contributed by atoms with Gasteiger partial charge in [-0.25, -0.2) is 9.37 Å². The molecule has 96 valence electrons. The highest BCUT2D eigenvalue weighted by atomic mass is 79.9. The van der Waals surface area contributed by atoms with Gasteiger partial charge in [-0.3, -0.25) is 0 Å². The zero-order valence-electron chi connectivity index (χ0n) is 10.5. The number of anilines is 2. The molecule has 0 radical (unpaired) electrons. The molecule has 1 aromatic heterocycles. The lowest BCUT2D eigenvalue weighted by molar-refractivity contribution is 0.621. The first-order chi connectivity index (χ1) is 9.01. The number of aryl methyl sites for hydroxylation is 2. The van der Waals surface area contributed by atoms with Gasteiger partial charge < -0.3 is 5.32 Å². The van der Waals surface area contributed by atoms with Gasteiger partial charge in [0.05, 0.1) is 10.0 Å². The predicted molar refractivity (Wildman–Crippen MR) is 75.8 cm³/mol. The Labute approximate surface area is 119 Å². The average molecular weight is 320 g/mol. The number of hydrogen-bond donors (Lipinski definition) is 1. The topological polar surface area (TPSA) is 48.7 Å². The molecule has 0 saturated carbocycles.